The maximum absolute atomic E-state index is 12.3. The van der Waals surface area contributed by atoms with E-state index in [9.17, 15) is 4.79 Å². The van der Waals surface area contributed by atoms with Crippen LogP contribution in [0.4, 0.5) is 0 Å². The molecule has 4 aromatic rings. The molecule has 5 nitrogen and oxygen atoms in total. The van der Waals surface area contributed by atoms with Crippen LogP contribution in [0.15, 0.2) is 59.7 Å². The predicted molar refractivity (Wildman–Crippen MR) is 94.8 cm³/mol. The molecule has 5 heteroatoms. The van der Waals surface area contributed by atoms with Crippen molar-refractivity contribution in [1.82, 2.24) is 14.6 Å². The molecule has 5 rings (SSSR count). The molecule has 2 aromatic heterocycles. The number of aromatic amines is 1. The van der Waals surface area contributed by atoms with Gasteiger partial charge >= 0.3 is 0 Å². The highest BCUT2D eigenvalue weighted by Crippen LogP contribution is 2.23. The summed E-state index contributed by atoms with van der Waals surface area (Å²) in [6.45, 7) is 1.77. The number of benzene rings is 2. The molecular formula is C19H16N4O. The molecule has 0 saturated heterocycles. The average Bonchev–Trinajstić information content (AvgIpc) is 3.20. The van der Waals surface area contributed by atoms with Gasteiger partial charge in [0.05, 0.1) is 6.54 Å². The zero-order chi connectivity index (χ0) is 16.1. The maximum atomic E-state index is 12.3. The Morgan fingerprint density at radius 1 is 1.08 bits per heavy atom. The second-order valence-electron chi connectivity index (χ2n) is 6.21. The SMILES string of the molecule is O=c1[nH]c2cc(CN3CCc4nccn43)ccc2c2ccccc12. The quantitative estimate of drug-likeness (QED) is 0.578. The molecule has 0 aliphatic carbocycles. The second-order valence-corrected chi connectivity index (χ2v) is 6.21. The largest absolute Gasteiger partial charge is 0.321 e. The van der Waals surface area contributed by atoms with Gasteiger partial charge in [-0.1, -0.05) is 30.3 Å². The van der Waals surface area contributed by atoms with Crippen molar-refractivity contribution in [2.75, 3.05) is 11.6 Å². The minimum atomic E-state index is -0.0340. The number of hydrogen-bond donors (Lipinski definition) is 1. The van der Waals surface area contributed by atoms with E-state index >= 15 is 0 Å². The van der Waals surface area contributed by atoms with Crippen LogP contribution in [-0.2, 0) is 13.0 Å². The Morgan fingerprint density at radius 2 is 1.96 bits per heavy atom. The van der Waals surface area contributed by atoms with Crippen LogP contribution >= 0.6 is 0 Å². The van der Waals surface area contributed by atoms with Gasteiger partial charge in [-0.25, -0.2) is 9.66 Å². The summed E-state index contributed by atoms with van der Waals surface area (Å²) in [4.78, 5) is 19.7. The highest BCUT2D eigenvalue weighted by molar-refractivity contribution is 6.05. The molecule has 1 N–H and O–H groups in total. The van der Waals surface area contributed by atoms with Crippen LogP contribution < -0.4 is 10.6 Å². The van der Waals surface area contributed by atoms with Crippen molar-refractivity contribution in [2.45, 2.75) is 13.0 Å². The Labute approximate surface area is 138 Å². The lowest BCUT2D eigenvalue weighted by Gasteiger charge is -2.20. The summed E-state index contributed by atoms with van der Waals surface area (Å²) in [5.41, 5.74) is 2.03. The van der Waals surface area contributed by atoms with Crippen molar-refractivity contribution in [2.24, 2.45) is 0 Å². The lowest BCUT2D eigenvalue weighted by Crippen LogP contribution is -2.29. The van der Waals surface area contributed by atoms with Crippen LogP contribution in [0.1, 0.15) is 11.4 Å². The fourth-order valence-corrected chi connectivity index (χ4v) is 3.60. The first-order valence-electron chi connectivity index (χ1n) is 8.11. The van der Waals surface area contributed by atoms with Gasteiger partial charge in [0, 0.05) is 41.6 Å². The third-order valence-electron chi connectivity index (χ3n) is 4.75. The number of nitrogens with zero attached hydrogens (tertiary/aromatic N) is 3. The summed E-state index contributed by atoms with van der Waals surface area (Å²) in [5.74, 6) is 1.11. The molecule has 1 aliphatic heterocycles. The van der Waals surface area contributed by atoms with Crippen molar-refractivity contribution in [3.63, 3.8) is 0 Å². The van der Waals surface area contributed by atoms with Gasteiger partial charge in [-0.3, -0.25) is 4.79 Å². The average molecular weight is 316 g/mol. The smallest absolute Gasteiger partial charge is 0.256 e. The lowest BCUT2D eigenvalue weighted by atomic mass is 10.0. The Kier molecular flexibility index (Phi) is 2.76. The van der Waals surface area contributed by atoms with Gasteiger partial charge in [-0.05, 0) is 23.1 Å². The summed E-state index contributed by atoms with van der Waals surface area (Å²) < 4.78 is 2.12. The van der Waals surface area contributed by atoms with E-state index in [-0.39, 0.29) is 5.56 Å². The van der Waals surface area contributed by atoms with Gasteiger partial charge in [0.2, 0.25) is 0 Å². The molecule has 0 radical (unpaired) electrons. The predicted octanol–water partition coefficient (Wildman–Crippen LogP) is 2.57. The van der Waals surface area contributed by atoms with Crippen LogP contribution in [0.2, 0.25) is 0 Å². The number of H-pyrrole nitrogens is 1. The van der Waals surface area contributed by atoms with E-state index < -0.39 is 0 Å². The van der Waals surface area contributed by atoms with Gasteiger partial charge in [-0.2, -0.15) is 0 Å². The summed E-state index contributed by atoms with van der Waals surface area (Å²) >= 11 is 0. The van der Waals surface area contributed by atoms with E-state index in [4.69, 9.17) is 0 Å². The van der Waals surface area contributed by atoms with Crippen LogP contribution in [0.5, 0.6) is 0 Å². The molecule has 0 fully saturated rings. The van der Waals surface area contributed by atoms with Gasteiger partial charge in [0.25, 0.3) is 5.56 Å². The van der Waals surface area contributed by atoms with Crippen molar-refractivity contribution >= 4 is 21.7 Å². The molecule has 0 saturated carbocycles. The monoisotopic (exact) mass is 316 g/mol. The minimum Gasteiger partial charge on any atom is -0.321 e. The van der Waals surface area contributed by atoms with Crippen LogP contribution in [0, 0.1) is 0 Å². The number of hydrogen-bond acceptors (Lipinski definition) is 3. The first kappa shape index (κ1) is 13.4. The molecule has 3 heterocycles. The minimum absolute atomic E-state index is 0.0340. The van der Waals surface area contributed by atoms with Crippen molar-refractivity contribution in [3.8, 4) is 0 Å². The maximum Gasteiger partial charge on any atom is 0.256 e. The second kappa shape index (κ2) is 4.96. The van der Waals surface area contributed by atoms with Crippen molar-refractivity contribution in [3.05, 3.63) is 76.6 Å². The van der Waals surface area contributed by atoms with Crippen LogP contribution in [-0.4, -0.2) is 21.2 Å². The van der Waals surface area contributed by atoms with Gasteiger partial charge < -0.3 is 9.99 Å². The summed E-state index contributed by atoms with van der Waals surface area (Å²) in [7, 11) is 0. The van der Waals surface area contributed by atoms with Crippen molar-refractivity contribution in [1.29, 1.82) is 0 Å². The highest BCUT2D eigenvalue weighted by atomic mass is 16.1. The highest BCUT2D eigenvalue weighted by Gasteiger charge is 2.18. The Hall–Kier alpha value is -3.08. The Morgan fingerprint density at radius 3 is 2.88 bits per heavy atom. The molecule has 1 aliphatic rings. The molecule has 0 unspecified atom stereocenters. The van der Waals surface area contributed by atoms with Gasteiger partial charge in [0.1, 0.15) is 5.82 Å². The number of fused-ring (bicyclic) bond motifs is 4. The molecule has 0 amide bonds. The van der Waals surface area contributed by atoms with E-state index in [1.807, 2.05) is 36.7 Å². The third kappa shape index (κ3) is 1.94. The van der Waals surface area contributed by atoms with Gasteiger partial charge in [0.15, 0.2) is 0 Å². The molecule has 0 atom stereocenters. The standard InChI is InChI=1S/C19H16N4O/c24-19-16-4-2-1-3-14(16)15-6-5-13(11-17(15)21-19)12-22-9-7-18-20-8-10-23(18)22/h1-6,8,10-11H,7,9,12H2,(H,21,24). The summed E-state index contributed by atoms with van der Waals surface area (Å²) in [6, 6.07) is 14.1. The van der Waals surface area contributed by atoms with E-state index in [1.54, 1.807) is 0 Å². The molecule has 0 spiro atoms. The number of nitrogens with one attached hydrogen (secondary N) is 1. The number of aromatic nitrogens is 3. The van der Waals surface area contributed by atoms with Crippen LogP contribution in [0.25, 0.3) is 21.7 Å². The first-order chi connectivity index (χ1) is 11.8. The fourth-order valence-electron chi connectivity index (χ4n) is 3.60. The molecular weight excluding hydrogens is 300 g/mol. The molecule has 24 heavy (non-hydrogen) atoms. The Bertz CT molecular complexity index is 1130. The molecule has 0 bridgehead atoms. The topological polar surface area (TPSA) is 53.9 Å². The van der Waals surface area contributed by atoms with Gasteiger partial charge in [-0.15, -0.1) is 0 Å². The zero-order valence-electron chi connectivity index (χ0n) is 13.1. The first-order valence-corrected chi connectivity index (χ1v) is 8.11. The molecule has 2 aromatic carbocycles. The van der Waals surface area contributed by atoms with Crippen molar-refractivity contribution < 1.29 is 0 Å². The Balaban J connectivity index is 1.59. The normalized spacial score (nSPS) is 13.8. The van der Waals surface area contributed by atoms with E-state index in [0.717, 1.165) is 47.0 Å². The number of imidazole rings is 1. The third-order valence-corrected chi connectivity index (χ3v) is 4.75. The van der Waals surface area contributed by atoms with E-state index in [1.165, 1.54) is 5.56 Å². The van der Waals surface area contributed by atoms with E-state index in [0.29, 0.717) is 0 Å². The summed E-state index contributed by atoms with van der Waals surface area (Å²) in [5, 5.41) is 5.09. The summed E-state index contributed by atoms with van der Waals surface area (Å²) in [6.07, 6.45) is 4.81. The van der Waals surface area contributed by atoms with Crippen LogP contribution in [0.3, 0.4) is 0 Å². The number of pyridine rings is 1. The molecule has 118 valence electrons. The zero-order valence-corrected chi connectivity index (χ0v) is 13.1. The fraction of sp³-hybridized carbons (Fsp3) is 0.158. The lowest BCUT2D eigenvalue weighted by molar-refractivity contribution is 0.643. The number of rotatable bonds is 2. The van der Waals surface area contributed by atoms with E-state index in [2.05, 4.69) is 37.9 Å².